The Labute approximate surface area is 150 Å². The zero-order valence-corrected chi connectivity index (χ0v) is 14.3. The van der Waals surface area contributed by atoms with Crippen LogP contribution in [0, 0.1) is 0 Å². The number of hydrogen-bond acceptors (Lipinski definition) is 3. The number of ether oxygens (including phenoxy) is 1. The van der Waals surface area contributed by atoms with Crippen molar-refractivity contribution in [2.75, 3.05) is 13.2 Å². The number of rotatable bonds is 5. The summed E-state index contributed by atoms with van der Waals surface area (Å²) < 4.78 is 17.9. The van der Waals surface area contributed by atoms with E-state index in [0.717, 1.165) is 11.1 Å². The zero-order chi connectivity index (χ0) is 17.8. The molecule has 0 fully saturated rings. The van der Waals surface area contributed by atoms with Crippen LogP contribution in [-0.4, -0.2) is 24.0 Å². The van der Waals surface area contributed by atoms with E-state index in [-0.39, 0.29) is 19.1 Å². The molecule has 0 aromatic heterocycles. The lowest BCUT2D eigenvalue weighted by Crippen LogP contribution is -2.25. The van der Waals surface area contributed by atoms with Crippen LogP contribution in [0.25, 0.3) is 0 Å². The maximum absolute atomic E-state index is 12.6. The highest BCUT2D eigenvalue weighted by atomic mass is 35.5. The molecule has 0 unspecified atom stereocenters. The second-order valence-corrected chi connectivity index (χ2v) is 6.30. The summed E-state index contributed by atoms with van der Waals surface area (Å²) in [6.45, 7) is 1.31. The van der Waals surface area contributed by atoms with Crippen LogP contribution >= 0.6 is 11.6 Å². The van der Waals surface area contributed by atoms with Crippen LogP contribution in [0.4, 0.5) is 4.39 Å². The molecule has 0 saturated heterocycles. The highest BCUT2D eigenvalue weighted by molar-refractivity contribution is 6.30. The lowest BCUT2D eigenvalue weighted by Gasteiger charge is -2.15. The van der Waals surface area contributed by atoms with Gasteiger partial charge in [0.2, 0.25) is 0 Å². The summed E-state index contributed by atoms with van der Waals surface area (Å²) in [4.78, 5) is 14.4. The number of benzene rings is 2. The summed E-state index contributed by atoms with van der Waals surface area (Å²) in [5.74, 6) is 0.506. The van der Waals surface area contributed by atoms with Gasteiger partial charge in [-0.05, 0) is 47.5 Å². The van der Waals surface area contributed by atoms with E-state index in [0.29, 0.717) is 41.3 Å². The van der Waals surface area contributed by atoms with E-state index in [1.165, 1.54) is 0 Å². The van der Waals surface area contributed by atoms with Crippen molar-refractivity contribution < 1.29 is 13.9 Å². The fourth-order valence-electron chi connectivity index (χ4n) is 2.69. The predicted molar refractivity (Wildman–Crippen MR) is 95.2 cm³/mol. The third-order valence-electron chi connectivity index (χ3n) is 4.12. The van der Waals surface area contributed by atoms with E-state index < -0.39 is 0 Å². The molecule has 0 bridgehead atoms. The third-order valence-corrected chi connectivity index (χ3v) is 4.36. The Kier molecular flexibility index (Phi) is 5.36. The monoisotopic (exact) mass is 360 g/mol. The summed E-state index contributed by atoms with van der Waals surface area (Å²) in [5, 5.41) is 0.675. The first-order valence-corrected chi connectivity index (χ1v) is 8.26. The number of halogens is 2. The van der Waals surface area contributed by atoms with Crippen molar-refractivity contribution in [3.63, 3.8) is 0 Å². The highest BCUT2D eigenvalue weighted by Gasteiger charge is 2.24. The Morgan fingerprint density at radius 2 is 1.92 bits per heavy atom. The van der Waals surface area contributed by atoms with Crippen LogP contribution < -0.4 is 10.5 Å². The van der Waals surface area contributed by atoms with Crippen molar-refractivity contribution in [2.24, 2.45) is 5.73 Å². The molecule has 6 heteroatoms. The normalized spacial score (nSPS) is 13.7. The molecule has 130 valence electrons. The summed E-state index contributed by atoms with van der Waals surface area (Å²) in [6.07, 6.45) is 0.454. The smallest absolute Gasteiger partial charge is 0.254 e. The van der Waals surface area contributed by atoms with Crippen molar-refractivity contribution in [1.82, 2.24) is 4.90 Å². The number of nitrogens with two attached hydrogens (primary N) is 1. The Hall–Kier alpha value is -2.37. The second kappa shape index (κ2) is 7.68. The number of fused-ring (bicyclic) bond motifs is 1. The van der Waals surface area contributed by atoms with Crippen LogP contribution in [0.5, 0.6) is 5.75 Å². The van der Waals surface area contributed by atoms with Gasteiger partial charge in [-0.2, -0.15) is 0 Å². The molecule has 4 nitrogen and oxygen atoms in total. The minimum absolute atomic E-state index is 0.0508. The van der Waals surface area contributed by atoms with E-state index in [4.69, 9.17) is 22.1 Å². The summed E-state index contributed by atoms with van der Waals surface area (Å²) in [7, 11) is 0. The molecule has 2 N–H and O–H groups in total. The van der Waals surface area contributed by atoms with E-state index in [2.05, 4.69) is 0 Å². The van der Waals surface area contributed by atoms with E-state index >= 15 is 0 Å². The highest BCUT2D eigenvalue weighted by Crippen LogP contribution is 2.27. The standard InChI is InChI=1S/C19H18ClFN2O2/c20-17-4-1-15-10-23(11-16(15)7-17)19(24)14-2-5-18(6-3-14)25-12-13(8-21)9-22/h1-8H,9-12,22H2. The van der Waals surface area contributed by atoms with Crippen LogP contribution in [0.1, 0.15) is 21.5 Å². The van der Waals surface area contributed by atoms with E-state index in [9.17, 15) is 9.18 Å². The fraction of sp³-hybridized carbons (Fsp3) is 0.211. The molecular weight excluding hydrogens is 343 g/mol. The molecule has 1 aliphatic rings. The van der Waals surface area contributed by atoms with Gasteiger partial charge in [-0.3, -0.25) is 4.79 Å². The van der Waals surface area contributed by atoms with Gasteiger partial charge < -0.3 is 15.4 Å². The molecule has 0 saturated carbocycles. The molecule has 1 heterocycles. The number of hydrogen-bond donors (Lipinski definition) is 1. The predicted octanol–water partition coefficient (Wildman–Crippen LogP) is 3.69. The quantitative estimate of drug-likeness (QED) is 0.884. The topological polar surface area (TPSA) is 55.6 Å². The van der Waals surface area contributed by atoms with E-state index in [1.807, 2.05) is 18.2 Å². The van der Waals surface area contributed by atoms with Crippen molar-refractivity contribution in [3.8, 4) is 5.75 Å². The summed E-state index contributed by atoms with van der Waals surface area (Å²) in [6, 6.07) is 12.5. The molecule has 0 aliphatic carbocycles. The van der Waals surface area contributed by atoms with Gasteiger partial charge >= 0.3 is 0 Å². The molecule has 3 rings (SSSR count). The number of nitrogens with zero attached hydrogens (tertiary/aromatic N) is 1. The molecule has 0 atom stereocenters. The first-order chi connectivity index (χ1) is 12.1. The van der Waals surface area contributed by atoms with Crippen LogP contribution in [0.15, 0.2) is 54.4 Å². The van der Waals surface area contributed by atoms with Crippen LogP contribution in [-0.2, 0) is 13.1 Å². The molecule has 1 aliphatic heterocycles. The Morgan fingerprint density at radius 1 is 1.20 bits per heavy atom. The second-order valence-electron chi connectivity index (χ2n) is 5.86. The molecule has 2 aromatic rings. The van der Waals surface area contributed by atoms with Crippen molar-refractivity contribution in [1.29, 1.82) is 0 Å². The first-order valence-electron chi connectivity index (χ1n) is 7.88. The van der Waals surface area contributed by atoms with Gasteiger partial charge in [-0.15, -0.1) is 0 Å². The van der Waals surface area contributed by atoms with E-state index in [1.54, 1.807) is 29.2 Å². The SMILES string of the molecule is NCC(=CF)COc1ccc(C(=O)N2Cc3ccc(Cl)cc3C2)cc1. The lowest BCUT2D eigenvalue weighted by molar-refractivity contribution is 0.0751. The number of amides is 1. The fourth-order valence-corrected chi connectivity index (χ4v) is 2.89. The largest absolute Gasteiger partial charge is 0.489 e. The summed E-state index contributed by atoms with van der Waals surface area (Å²) in [5.41, 5.74) is 8.52. The van der Waals surface area contributed by atoms with Crippen molar-refractivity contribution >= 4 is 17.5 Å². The van der Waals surface area contributed by atoms with Gasteiger partial charge in [0.05, 0.1) is 6.33 Å². The van der Waals surface area contributed by atoms with Gasteiger partial charge in [-0.1, -0.05) is 17.7 Å². The maximum Gasteiger partial charge on any atom is 0.254 e. The average molecular weight is 361 g/mol. The molecule has 0 spiro atoms. The first kappa shape index (κ1) is 17.5. The van der Waals surface area contributed by atoms with Gasteiger partial charge in [0.25, 0.3) is 5.91 Å². The van der Waals surface area contributed by atoms with Crippen LogP contribution in [0.2, 0.25) is 5.02 Å². The number of carbonyl (C=O) groups is 1. The average Bonchev–Trinajstić information content (AvgIpc) is 3.05. The van der Waals surface area contributed by atoms with Crippen molar-refractivity contribution in [2.45, 2.75) is 13.1 Å². The third kappa shape index (κ3) is 4.00. The Balaban J connectivity index is 1.64. The number of carbonyl (C=O) groups excluding carboxylic acids is 1. The minimum Gasteiger partial charge on any atom is -0.489 e. The summed E-state index contributed by atoms with van der Waals surface area (Å²) >= 11 is 6.01. The molecule has 0 radical (unpaired) electrons. The zero-order valence-electron chi connectivity index (χ0n) is 13.5. The Morgan fingerprint density at radius 3 is 2.60 bits per heavy atom. The van der Waals surface area contributed by atoms with Crippen molar-refractivity contribution in [3.05, 3.63) is 76.1 Å². The van der Waals surface area contributed by atoms with Gasteiger partial charge in [-0.25, -0.2) is 4.39 Å². The Bertz CT molecular complexity index is 806. The van der Waals surface area contributed by atoms with Gasteiger partial charge in [0, 0.05) is 35.8 Å². The molecular formula is C19H18ClFN2O2. The molecule has 1 amide bonds. The van der Waals surface area contributed by atoms with Gasteiger partial charge in [0.15, 0.2) is 0 Å². The maximum atomic E-state index is 12.6. The van der Waals surface area contributed by atoms with Gasteiger partial charge in [0.1, 0.15) is 12.4 Å². The molecule has 2 aromatic carbocycles. The van der Waals surface area contributed by atoms with Crippen LogP contribution in [0.3, 0.4) is 0 Å². The molecule has 25 heavy (non-hydrogen) atoms. The minimum atomic E-state index is -0.0508. The lowest BCUT2D eigenvalue weighted by atomic mass is 10.1.